The van der Waals surface area contributed by atoms with Gasteiger partial charge in [0.05, 0.1) is 17.5 Å². The molecule has 0 saturated carbocycles. The van der Waals surface area contributed by atoms with Gasteiger partial charge in [0.15, 0.2) is 0 Å². The predicted molar refractivity (Wildman–Crippen MR) is 72.8 cm³/mol. The van der Waals surface area contributed by atoms with Gasteiger partial charge in [-0.3, -0.25) is 4.98 Å². The molecule has 1 unspecified atom stereocenters. The molecule has 1 saturated heterocycles. The van der Waals surface area contributed by atoms with E-state index in [1.165, 1.54) is 6.42 Å². The fraction of sp³-hybridized carbons (Fsp3) is 0.571. The summed E-state index contributed by atoms with van der Waals surface area (Å²) in [6.45, 7) is 5.02. The fourth-order valence-electron chi connectivity index (χ4n) is 2.43. The maximum atomic E-state index is 11.3. The molecule has 1 aliphatic heterocycles. The number of nitrogens with zero attached hydrogens (tertiary/aromatic N) is 1. The Hall–Kier alpha value is -1.62. The van der Waals surface area contributed by atoms with Gasteiger partial charge in [-0.05, 0) is 39.2 Å². The number of nitrogens with one attached hydrogen (secondary N) is 1. The van der Waals surface area contributed by atoms with E-state index < -0.39 is 5.97 Å². The molecule has 1 aromatic rings. The van der Waals surface area contributed by atoms with Crippen LogP contribution in [0.5, 0.6) is 0 Å². The van der Waals surface area contributed by atoms with Crippen molar-refractivity contribution in [1.29, 1.82) is 0 Å². The van der Waals surface area contributed by atoms with Crippen LogP contribution in [0.2, 0.25) is 0 Å². The Morgan fingerprint density at radius 2 is 2.32 bits per heavy atom. The third kappa shape index (κ3) is 3.44. The van der Waals surface area contributed by atoms with Gasteiger partial charge < -0.3 is 15.2 Å². The minimum Gasteiger partial charge on any atom is -0.478 e. The van der Waals surface area contributed by atoms with Crippen LogP contribution in [0.3, 0.4) is 0 Å². The summed E-state index contributed by atoms with van der Waals surface area (Å²) in [5.74, 6) is -0.947. The summed E-state index contributed by atoms with van der Waals surface area (Å²) in [4.78, 5) is 15.5. The molecule has 1 fully saturated rings. The molecule has 19 heavy (non-hydrogen) atoms. The van der Waals surface area contributed by atoms with Gasteiger partial charge in [-0.2, -0.15) is 0 Å². The van der Waals surface area contributed by atoms with Crippen molar-refractivity contribution in [2.75, 3.05) is 18.5 Å². The van der Waals surface area contributed by atoms with Gasteiger partial charge in [-0.25, -0.2) is 4.79 Å². The molecule has 5 heteroatoms. The van der Waals surface area contributed by atoms with E-state index in [4.69, 9.17) is 4.74 Å². The van der Waals surface area contributed by atoms with Crippen LogP contribution in [0.15, 0.2) is 6.07 Å². The first-order chi connectivity index (χ1) is 9.08. The largest absolute Gasteiger partial charge is 0.478 e. The first-order valence-electron chi connectivity index (χ1n) is 6.65. The van der Waals surface area contributed by atoms with Crippen molar-refractivity contribution in [3.05, 3.63) is 23.0 Å². The second-order valence-electron chi connectivity index (χ2n) is 4.95. The third-order valence-electron chi connectivity index (χ3n) is 3.34. The van der Waals surface area contributed by atoms with Crippen molar-refractivity contribution in [3.63, 3.8) is 0 Å². The van der Waals surface area contributed by atoms with Crippen LogP contribution in [-0.4, -0.2) is 35.3 Å². The Labute approximate surface area is 113 Å². The van der Waals surface area contributed by atoms with Gasteiger partial charge >= 0.3 is 5.97 Å². The molecule has 0 radical (unpaired) electrons. The highest BCUT2D eigenvalue weighted by atomic mass is 16.5. The quantitative estimate of drug-likeness (QED) is 0.873. The van der Waals surface area contributed by atoms with E-state index >= 15 is 0 Å². The van der Waals surface area contributed by atoms with Crippen LogP contribution in [-0.2, 0) is 4.74 Å². The van der Waals surface area contributed by atoms with E-state index in [1.54, 1.807) is 13.0 Å². The van der Waals surface area contributed by atoms with Crippen molar-refractivity contribution in [2.24, 2.45) is 0 Å². The third-order valence-corrected chi connectivity index (χ3v) is 3.34. The van der Waals surface area contributed by atoms with Crippen LogP contribution >= 0.6 is 0 Å². The van der Waals surface area contributed by atoms with Crippen LogP contribution < -0.4 is 5.32 Å². The number of carboxylic acids is 1. The molecule has 2 heterocycles. The smallest absolute Gasteiger partial charge is 0.339 e. The van der Waals surface area contributed by atoms with E-state index in [0.29, 0.717) is 17.9 Å². The number of aryl methyl sites for hydroxylation is 2. The average molecular weight is 264 g/mol. The molecule has 1 aromatic heterocycles. The molecule has 2 rings (SSSR count). The topological polar surface area (TPSA) is 71.5 Å². The normalized spacial score (nSPS) is 19.2. The lowest BCUT2D eigenvalue weighted by Gasteiger charge is -2.23. The zero-order valence-corrected chi connectivity index (χ0v) is 11.4. The van der Waals surface area contributed by atoms with Crippen molar-refractivity contribution >= 4 is 11.7 Å². The lowest BCUT2D eigenvalue weighted by Crippen LogP contribution is -2.27. The lowest BCUT2D eigenvalue weighted by atomic mass is 10.1. The molecular formula is C14H20N2O3. The Bertz CT molecular complexity index is 468. The first kappa shape index (κ1) is 13.8. The second kappa shape index (κ2) is 6.02. The number of pyridine rings is 1. The van der Waals surface area contributed by atoms with Crippen LogP contribution in [0.25, 0.3) is 0 Å². The molecule has 0 amide bonds. The van der Waals surface area contributed by atoms with Crippen molar-refractivity contribution < 1.29 is 14.6 Å². The van der Waals surface area contributed by atoms with Gasteiger partial charge in [0.1, 0.15) is 5.56 Å². The summed E-state index contributed by atoms with van der Waals surface area (Å²) in [7, 11) is 0. The Kier molecular flexibility index (Phi) is 4.37. The highest BCUT2D eigenvalue weighted by Gasteiger charge is 2.18. The minimum atomic E-state index is -0.947. The van der Waals surface area contributed by atoms with Crippen LogP contribution in [0.1, 0.15) is 41.0 Å². The second-order valence-corrected chi connectivity index (χ2v) is 4.95. The molecule has 0 aliphatic carbocycles. The molecular weight excluding hydrogens is 244 g/mol. The molecule has 5 nitrogen and oxygen atoms in total. The Morgan fingerprint density at radius 1 is 1.53 bits per heavy atom. The van der Waals surface area contributed by atoms with Crippen LogP contribution in [0.4, 0.5) is 5.69 Å². The zero-order valence-electron chi connectivity index (χ0n) is 11.4. The summed E-state index contributed by atoms with van der Waals surface area (Å²) >= 11 is 0. The van der Waals surface area contributed by atoms with E-state index in [0.717, 1.165) is 25.1 Å². The number of aromatic nitrogens is 1. The average Bonchev–Trinajstić information content (AvgIpc) is 2.36. The highest BCUT2D eigenvalue weighted by Crippen LogP contribution is 2.21. The summed E-state index contributed by atoms with van der Waals surface area (Å²) in [6.07, 6.45) is 3.49. The number of aromatic carboxylic acids is 1. The highest BCUT2D eigenvalue weighted by molar-refractivity contribution is 5.95. The summed E-state index contributed by atoms with van der Waals surface area (Å²) in [5.41, 5.74) is 2.24. The van der Waals surface area contributed by atoms with Gasteiger partial charge in [0.25, 0.3) is 0 Å². The number of rotatable bonds is 4. The maximum Gasteiger partial charge on any atom is 0.339 e. The summed E-state index contributed by atoms with van der Waals surface area (Å²) in [5, 5.41) is 12.5. The van der Waals surface area contributed by atoms with E-state index in [-0.39, 0.29) is 11.7 Å². The molecule has 2 N–H and O–H groups in total. The molecule has 0 spiro atoms. The van der Waals surface area contributed by atoms with Gasteiger partial charge in [-0.15, -0.1) is 0 Å². The van der Waals surface area contributed by atoms with E-state index in [2.05, 4.69) is 10.3 Å². The summed E-state index contributed by atoms with van der Waals surface area (Å²) in [6, 6.07) is 1.78. The standard InChI is InChI=1S/C14H20N2O3/c1-9-7-12(13(14(17)18)10(2)16-9)15-8-11-5-3-4-6-19-11/h7,11H,3-6,8H2,1-2H3,(H,15,16)(H,17,18). The first-order valence-corrected chi connectivity index (χ1v) is 6.65. The number of carbonyl (C=O) groups is 1. The fourth-order valence-corrected chi connectivity index (χ4v) is 2.43. The number of anilines is 1. The number of hydrogen-bond donors (Lipinski definition) is 2. The summed E-state index contributed by atoms with van der Waals surface area (Å²) < 4.78 is 5.63. The Morgan fingerprint density at radius 3 is 2.95 bits per heavy atom. The molecule has 104 valence electrons. The SMILES string of the molecule is Cc1cc(NCC2CCCCO2)c(C(=O)O)c(C)n1. The molecule has 0 bridgehead atoms. The van der Waals surface area contributed by atoms with E-state index in [1.807, 2.05) is 6.92 Å². The molecule has 1 atom stereocenters. The van der Waals surface area contributed by atoms with Gasteiger partial charge in [-0.1, -0.05) is 0 Å². The molecule has 1 aliphatic rings. The van der Waals surface area contributed by atoms with Crippen molar-refractivity contribution in [3.8, 4) is 0 Å². The predicted octanol–water partition coefficient (Wildman–Crippen LogP) is 2.38. The number of hydrogen-bond acceptors (Lipinski definition) is 4. The Balaban J connectivity index is 2.12. The van der Waals surface area contributed by atoms with Crippen LogP contribution in [0, 0.1) is 13.8 Å². The lowest BCUT2D eigenvalue weighted by molar-refractivity contribution is 0.0247. The minimum absolute atomic E-state index is 0.171. The number of ether oxygens (including phenoxy) is 1. The van der Waals surface area contributed by atoms with E-state index in [9.17, 15) is 9.90 Å². The van der Waals surface area contributed by atoms with Crippen molar-refractivity contribution in [2.45, 2.75) is 39.2 Å². The van der Waals surface area contributed by atoms with Gasteiger partial charge in [0.2, 0.25) is 0 Å². The zero-order chi connectivity index (χ0) is 13.8. The monoisotopic (exact) mass is 264 g/mol. The van der Waals surface area contributed by atoms with Gasteiger partial charge in [0, 0.05) is 18.8 Å². The maximum absolute atomic E-state index is 11.3. The van der Waals surface area contributed by atoms with Crippen molar-refractivity contribution in [1.82, 2.24) is 4.98 Å². The number of carboxylic acid groups (broad SMARTS) is 1. The molecule has 0 aromatic carbocycles.